The Hall–Kier alpha value is -0.500. The standard InChI is InChI=1S/C21H31O3.Na.H3O4P/c1-5-6-7-8-9-13-19(22)16(2)11-10-12-17(3)21-18(4)14-15-20(23)24-21;;1-5(2,3)4/h5-9,11,13-19,21-22H,10,12H2,1-4H3;;(H3,1,2,3,4)/b6-5+,8-7-,13-9-;;/t16-,17+,18+,19+,21+;;/m1../s1. The van der Waals surface area contributed by atoms with E-state index in [1.807, 2.05) is 49.5 Å². The SMILES string of the molecule is C/C=C/C=C\C=C/[C@H](O)[C@H](C)[C@@H]([Na])CC[C@H](C)[C@@H]1OC(=O)C=C[C@@H]1C.O=P(O)(O)O. The van der Waals surface area contributed by atoms with Crippen molar-refractivity contribution in [1.82, 2.24) is 0 Å². The van der Waals surface area contributed by atoms with Gasteiger partial charge < -0.3 is 14.7 Å². The van der Waals surface area contributed by atoms with Crippen molar-refractivity contribution in [2.45, 2.75) is 55.9 Å². The Kier molecular flexibility index (Phi) is 15.1. The monoisotopic (exact) mass is 452 g/mol. The number of esters is 1. The van der Waals surface area contributed by atoms with Crippen LogP contribution in [0.3, 0.4) is 0 Å². The molecule has 1 aliphatic heterocycles. The van der Waals surface area contributed by atoms with Crippen LogP contribution in [0.15, 0.2) is 48.6 Å². The topological polar surface area (TPSA) is 124 Å². The molecule has 7 nitrogen and oxygen atoms in total. The number of ether oxygens (including phenoxy) is 1. The molecule has 0 fully saturated rings. The van der Waals surface area contributed by atoms with Crippen LogP contribution in [0.1, 0.15) is 40.5 Å². The van der Waals surface area contributed by atoms with Crippen molar-refractivity contribution in [3.05, 3.63) is 48.6 Å². The van der Waals surface area contributed by atoms with Gasteiger partial charge in [-0.15, -0.1) is 0 Å². The van der Waals surface area contributed by atoms with E-state index in [1.165, 1.54) is 6.08 Å². The second-order valence-corrected chi connectivity index (χ2v) is 10.3. The normalized spacial score (nSPS) is 23.9. The number of hydrogen-bond acceptors (Lipinski definition) is 4. The summed E-state index contributed by atoms with van der Waals surface area (Å²) >= 11 is 1.05. The van der Waals surface area contributed by atoms with Crippen molar-refractivity contribution in [1.29, 1.82) is 0 Å². The van der Waals surface area contributed by atoms with E-state index in [-0.39, 0.29) is 23.9 Å². The first-order chi connectivity index (χ1) is 13.9. The molecule has 0 aromatic heterocycles. The predicted octanol–water partition coefficient (Wildman–Crippen LogP) is 3.23. The van der Waals surface area contributed by atoms with Gasteiger partial charge in [0.05, 0.1) is 0 Å². The summed E-state index contributed by atoms with van der Waals surface area (Å²) < 4.78 is 14.9. The van der Waals surface area contributed by atoms with Crippen molar-refractivity contribution in [2.75, 3.05) is 0 Å². The second-order valence-electron chi connectivity index (χ2n) is 7.81. The summed E-state index contributed by atoms with van der Waals surface area (Å²) in [5.41, 5.74) is 0. The van der Waals surface area contributed by atoms with Gasteiger partial charge in [0.2, 0.25) is 0 Å². The summed E-state index contributed by atoms with van der Waals surface area (Å²) in [6, 6.07) is 0. The summed E-state index contributed by atoms with van der Waals surface area (Å²) in [5.74, 6) is 0.632. The number of carbonyl (C=O) groups is 1. The molecule has 4 N–H and O–H groups in total. The van der Waals surface area contributed by atoms with Crippen LogP contribution in [0.25, 0.3) is 0 Å². The number of allylic oxidation sites excluding steroid dienone is 5. The van der Waals surface area contributed by atoms with Gasteiger partial charge in [-0.25, -0.2) is 4.57 Å². The average molecular weight is 452 g/mol. The van der Waals surface area contributed by atoms with Gasteiger partial charge in [0.1, 0.15) is 0 Å². The first-order valence-electron chi connectivity index (χ1n) is 10.2. The number of aliphatic hydroxyl groups excluding tert-OH is 1. The first kappa shape index (κ1) is 29.5. The molecule has 1 aliphatic rings. The molecule has 0 aliphatic carbocycles. The number of phosphoric acid groups is 1. The van der Waals surface area contributed by atoms with Gasteiger partial charge in [-0.3, -0.25) is 0 Å². The smallest absolute Gasteiger partial charge is 0.303 e. The van der Waals surface area contributed by atoms with Crippen LogP contribution in [0.5, 0.6) is 0 Å². The number of rotatable bonds is 9. The molecule has 0 spiro atoms. The van der Waals surface area contributed by atoms with Crippen molar-refractivity contribution in [3.63, 3.8) is 0 Å². The van der Waals surface area contributed by atoms with Gasteiger partial charge in [0.15, 0.2) is 0 Å². The minimum Gasteiger partial charge on any atom is -0.303 e. The molecule has 0 saturated carbocycles. The van der Waals surface area contributed by atoms with Crippen molar-refractivity contribution < 1.29 is 33.9 Å². The summed E-state index contributed by atoms with van der Waals surface area (Å²) in [5, 5.41) is 10.3. The van der Waals surface area contributed by atoms with E-state index < -0.39 is 13.9 Å². The Morgan fingerprint density at radius 2 is 1.73 bits per heavy atom. The molecule has 0 amide bonds. The summed E-state index contributed by atoms with van der Waals surface area (Å²) in [6.07, 6.45) is 16.7. The van der Waals surface area contributed by atoms with Gasteiger partial charge in [-0.1, -0.05) is 0 Å². The van der Waals surface area contributed by atoms with Crippen LogP contribution in [0, 0.1) is 17.8 Å². The van der Waals surface area contributed by atoms with E-state index in [2.05, 4.69) is 20.8 Å². The number of carbonyl (C=O) groups excluding carboxylic acids is 1. The fourth-order valence-electron chi connectivity index (χ4n) is 3.14. The van der Waals surface area contributed by atoms with Crippen molar-refractivity contribution in [2.24, 2.45) is 17.8 Å². The van der Waals surface area contributed by atoms with Gasteiger partial charge >= 0.3 is 179 Å². The predicted molar refractivity (Wildman–Crippen MR) is 119 cm³/mol. The summed E-state index contributed by atoms with van der Waals surface area (Å²) in [6.45, 7) is 8.36. The molecule has 0 unspecified atom stereocenters. The van der Waals surface area contributed by atoms with Gasteiger partial charge in [0.25, 0.3) is 0 Å². The van der Waals surface area contributed by atoms with Crippen LogP contribution in [0.2, 0.25) is 3.17 Å². The Balaban J connectivity index is 0.00000150. The molecule has 0 radical (unpaired) electrons. The zero-order valence-electron chi connectivity index (χ0n) is 18.5. The molecule has 1 heterocycles. The number of aliphatic hydroxyl groups is 1. The van der Waals surface area contributed by atoms with Crippen LogP contribution in [0.4, 0.5) is 0 Å². The van der Waals surface area contributed by atoms with E-state index in [9.17, 15) is 9.90 Å². The van der Waals surface area contributed by atoms with Gasteiger partial charge in [-0.2, -0.15) is 0 Å². The minimum atomic E-state index is -4.64. The first-order valence-corrected chi connectivity index (χ1v) is 12.9. The molecular formula is C21H34NaO7P. The third-order valence-corrected chi connectivity index (χ3v) is 6.84. The van der Waals surface area contributed by atoms with E-state index in [1.54, 1.807) is 0 Å². The van der Waals surface area contributed by atoms with Crippen LogP contribution < -0.4 is 0 Å². The molecule has 166 valence electrons. The molecule has 1 rings (SSSR count). The van der Waals surface area contributed by atoms with E-state index in [4.69, 9.17) is 24.0 Å². The molecule has 30 heavy (non-hydrogen) atoms. The van der Waals surface area contributed by atoms with E-state index in [0.717, 1.165) is 40.8 Å². The molecule has 0 aromatic rings. The maximum absolute atomic E-state index is 11.5. The van der Waals surface area contributed by atoms with Gasteiger partial charge in [-0.05, 0) is 0 Å². The zero-order chi connectivity index (χ0) is 23.3. The number of cyclic esters (lactones) is 1. The second kappa shape index (κ2) is 15.3. The summed E-state index contributed by atoms with van der Waals surface area (Å²) in [4.78, 5) is 33.0. The zero-order valence-corrected chi connectivity index (χ0v) is 21.4. The average Bonchev–Trinajstić information content (AvgIpc) is 2.65. The Morgan fingerprint density at radius 3 is 2.30 bits per heavy atom. The fourth-order valence-corrected chi connectivity index (χ4v) is 3.86. The maximum Gasteiger partial charge on any atom is 0.466 e. The Labute approximate surface area is 197 Å². The maximum atomic E-state index is 11.5. The minimum absolute atomic E-state index is 0.0248. The Bertz CT molecular complexity index is 660. The molecule has 0 saturated heterocycles. The number of hydrogen-bond donors (Lipinski definition) is 4. The molecule has 6 atom stereocenters. The quantitative estimate of drug-likeness (QED) is 0.183. The van der Waals surface area contributed by atoms with E-state index in [0.29, 0.717) is 9.09 Å². The molecular weight excluding hydrogens is 418 g/mol. The van der Waals surface area contributed by atoms with Crippen LogP contribution in [-0.4, -0.2) is 65.9 Å². The van der Waals surface area contributed by atoms with Crippen molar-refractivity contribution >= 4 is 41.7 Å². The van der Waals surface area contributed by atoms with Crippen molar-refractivity contribution in [3.8, 4) is 0 Å². The Morgan fingerprint density at radius 1 is 1.17 bits per heavy atom. The van der Waals surface area contributed by atoms with Crippen LogP contribution in [-0.2, 0) is 14.1 Å². The molecule has 9 heteroatoms. The summed E-state index contributed by atoms with van der Waals surface area (Å²) in [7, 11) is -4.64. The molecule has 0 bridgehead atoms. The third-order valence-electron chi connectivity index (χ3n) is 5.21. The largest absolute Gasteiger partial charge is 0.466 e. The van der Waals surface area contributed by atoms with Gasteiger partial charge in [0, 0.05) is 0 Å². The molecule has 0 aromatic carbocycles. The van der Waals surface area contributed by atoms with Crippen LogP contribution >= 0.6 is 7.82 Å². The third kappa shape index (κ3) is 14.5. The van der Waals surface area contributed by atoms with E-state index >= 15 is 0 Å². The fraction of sp³-hybridized carbons (Fsp3) is 0.571.